The summed E-state index contributed by atoms with van der Waals surface area (Å²) in [5.41, 5.74) is 1.39. The first-order chi connectivity index (χ1) is 9.11. The molecule has 1 N–H and O–H groups in total. The molecule has 0 fully saturated rings. The topological polar surface area (TPSA) is 77.2 Å². The van der Waals surface area contributed by atoms with E-state index in [1.54, 1.807) is 0 Å². The summed E-state index contributed by atoms with van der Waals surface area (Å²) in [5, 5.41) is 19.2. The van der Waals surface area contributed by atoms with Gasteiger partial charge in [0.2, 0.25) is 0 Å². The molecule has 0 spiro atoms. The first-order valence-electron chi connectivity index (χ1n) is 5.58. The smallest absolute Gasteiger partial charge is 0.407 e. The Morgan fingerprint density at radius 1 is 1.63 bits per heavy atom. The number of hydrogen-bond acceptors (Lipinski definition) is 4. The van der Waals surface area contributed by atoms with Gasteiger partial charge in [-0.3, -0.25) is 0 Å². The quantitative estimate of drug-likeness (QED) is 0.810. The van der Waals surface area contributed by atoms with Crippen molar-refractivity contribution in [3.05, 3.63) is 27.2 Å². The Morgan fingerprint density at radius 3 is 3.11 bits per heavy atom. The average Bonchev–Trinajstić information content (AvgIpc) is 2.77. The predicted molar refractivity (Wildman–Crippen MR) is 71.5 cm³/mol. The van der Waals surface area contributed by atoms with Crippen LogP contribution in [0.15, 0.2) is 6.20 Å². The minimum absolute atomic E-state index is 0.357. The molecule has 0 radical (unpaired) electrons. The lowest BCUT2D eigenvalue weighted by atomic mass is 10.0. The second-order valence-electron chi connectivity index (χ2n) is 4.24. The van der Waals surface area contributed by atoms with E-state index < -0.39 is 6.09 Å². The zero-order valence-electron chi connectivity index (χ0n) is 9.68. The number of fused-ring (bicyclic) bond motifs is 3. The number of nitrogens with zero attached hydrogens (tertiary/aromatic N) is 3. The highest BCUT2D eigenvalue weighted by molar-refractivity contribution is 7.19. The van der Waals surface area contributed by atoms with Gasteiger partial charge >= 0.3 is 6.09 Å². The third-order valence-corrected chi connectivity index (χ3v) is 4.71. The summed E-state index contributed by atoms with van der Waals surface area (Å²) in [6.07, 6.45) is 1.15. The molecule has 5 nitrogen and oxygen atoms in total. The molecule has 3 rings (SSSR count). The lowest BCUT2D eigenvalue weighted by Gasteiger charge is -2.24. The van der Waals surface area contributed by atoms with Gasteiger partial charge in [-0.25, -0.2) is 9.78 Å². The number of nitriles is 1. The van der Waals surface area contributed by atoms with Crippen LogP contribution in [0, 0.1) is 11.3 Å². The lowest BCUT2D eigenvalue weighted by molar-refractivity contribution is 0.140. The van der Waals surface area contributed by atoms with E-state index >= 15 is 0 Å². The van der Waals surface area contributed by atoms with E-state index in [1.165, 1.54) is 22.4 Å². The number of rotatable bonds is 0. The van der Waals surface area contributed by atoms with Crippen LogP contribution in [-0.4, -0.2) is 27.6 Å². The van der Waals surface area contributed by atoms with Crippen LogP contribution in [-0.2, 0) is 13.0 Å². The number of carbonyl (C=O) groups is 1. The first kappa shape index (κ1) is 12.2. The zero-order chi connectivity index (χ0) is 13.6. The highest BCUT2D eigenvalue weighted by Crippen LogP contribution is 2.38. The van der Waals surface area contributed by atoms with E-state index in [-0.39, 0.29) is 0 Å². The third kappa shape index (κ3) is 1.82. The van der Waals surface area contributed by atoms with E-state index in [4.69, 9.17) is 22.0 Å². The van der Waals surface area contributed by atoms with Gasteiger partial charge in [0.05, 0.1) is 17.1 Å². The van der Waals surface area contributed by atoms with Crippen LogP contribution in [0.4, 0.5) is 4.79 Å². The Hall–Kier alpha value is -1.84. The predicted octanol–water partition coefficient (Wildman–Crippen LogP) is 2.86. The first-order valence-corrected chi connectivity index (χ1v) is 6.78. The number of hydrogen-bond donors (Lipinski definition) is 1. The molecule has 0 aromatic carbocycles. The normalized spacial score (nSPS) is 14.2. The summed E-state index contributed by atoms with van der Waals surface area (Å²) in [6, 6.07) is 2.02. The van der Waals surface area contributed by atoms with Crippen LogP contribution in [0.5, 0.6) is 0 Å². The number of pyridine rings is 1. The fourth-order valence-corrected chi connectivity index (χ4v) is 3.83. The van der Waals surface area contributed by atoms with Crippen LogP contribution >= 0.6 is 22.9 Å². The van der Waals surface area contributed by atoms with E-state index in [2.05, 4.69) is 4.98 Å². The summed E-state index contributed by atoms with van der Waals surface area (Å²) < 4.78 is 0. The molecule has 2 aromatic rings. The number of halogens is 1. The van der Waals surface area contributed by atoms with Gasteiger partial charge in [0.1, 0.15) is 10.9 Å². The fourth-order valence-electron chi connectivity index (χ4n) is 2.26. The summed E-state index contributed by atoms with van der Waals surface area (Å²) >= 11 is 7.68. The molecule has 19 heavy (non-hydrogen) atoms. The fraction of sp³-hybridized carbons (Fsp3) is 0.250. The minimum Gasteiger partial charge on any atom is -0.465 e. The summed E-state index contributed by atoms with van der Waals surface area (Å²) in [4.78, 5) is 18.3. The van der Waals surface area contributed by atoms with Crippen molar-refractivity contribution in [1.29, 1.82) is 5.26 Å². The van der Waals surface area contributed by atoms with Crippen LogP contribution in [0.3, 0.4) is 0 Å². The Labute approximate surface area is 117 Å². The molecule has 1 aliphatic rings. The van der Waals surface area contributed by atoms with Crippen molar-refractivity contribution in [1.82, 2.24) is 9.88 Å². The number of aromatic nitrogens is 1. The molecule has 96 valence electrons. The molecule has 0 unspecified atom stereocenters. The molecule has 0 saturated heterocycles. The van der Waals surface area contributed by atoms with E-state index in [9.17, 15) is 4.79 Å². The molecule has 0 atom stereocenters. The Bertz CT molecular complexity index is 735. The van der Waals surface area contributed by atoms with Crippen molar-refractivity contribution in [3.63, 3.8) is 0 Å². The highest BCUT2D eigenvalue weighted by Gasteiger charge is 2.26. The largest absolute Gasteiger partial charge is 0.465 e. The SMILES string of the molecule is N#Cc1cnc2sc3c(c2c1Cl)CCN(C(=O)O)C3. The maximum atomic E-state index is 11.0. The lowest BCUT2D eigenvalue weighted by Crippen LogP contribution is -2.33. The number of carboxylic acid groups (broad SMARTS) is 1. The Balaban J connectivity index is 2.18. The van der Waals surface area contributed by atoms with Gasteiger partial charge < -0.3 is 10.0 Å². The van der Waals surface area contributed by atoms with E-state index in [0.717, 1.165) is 20.7 Å². The summed E-state index contributed by atoms with van der Waals surface area (Å²) in [7, 11) is 0. The second-order valence-corrected chi connectivity index (χ2v) is 5.70. The van der Waals surface area contributed by atoms with Gasteiger partial charge in [0, 0.05) is 23.0 Å². The number of thiophene rings is 1. The minimum atomic E-state index is -0.917. The molecule has 3 heterocycles. The number of amides is 1. The maximum absolute atomic E-state index is 11.0. The van der Waals surface area contributed by atoms with E-state index in [1.807, 2.05) is 6.07 Å². The Morgan fingerprint density at radius 2 is 2.42 bits per heavy atom. The molecular formula is C12H8ClN3O2S. The van der Waals surface area contributed by atoms with Crippen molar-refractivity contribution in [2.45, 2.75) is 13.0 Å². The summed E-state index contributed by atoms with van der Waals surface area (Å²) in [6.45, 7) is 0.811. The van der Waals surface area contributed by atoms with Crippen LogP contribution < -0.4 is 0 Å². The molecular weight excluding hydrogens is 286 g/mol. The highest BCUT2D eigenvalue weighted by atomic mass is 35.5. The second kappa shape index (κ2) is 4.37. The van der Waals surface area contributed by atoms with Gasteiger partial charge in [-0.1, -0.05) is 11.6 Å². The Kier molecular flexibility index (Phi) is 2.81. The van der Waals surface area contributed by atoms with Gasteiger partial charge in [-0.15, -0.1) is 11.3 Å². The van der Waals surface area contributed by atoms with E-state index in [0.29, 0.717) is 30.1 Å². The van der Waals surface area contributed by atoms with Crippen LogP contribution in [0.1, 0.15) is 16.0 Å². The molecule has 0 aliphatic carbocycles. The third-order valence-electron chi connectivity index (χ3n) is 3.20. The monoisotopic (exact) mass is 293 g/mol. The molecule has 1 amide bonds. The maximum Gasteiger partial charge on any atom is 0.407 e. The van der Waals surface area contributed by atoms with Crippen LogP contribution in [0.2, 0.25) is 5.02 Å². The van der Waals surface area contributed by atoms with Gasteiger partial charge in [-0.05, 0) is 12.0 Å². The molecule has 2 aromatic heterocycles. The standard InChI is InChI=1S/C12H8ClN3O2S/c13-10-6(3-14)4-15-11-9(10)7-1-2-16(12(17)18)5-8(7)19-11/h4H,1-2,5H2,(H,17,18). The molecule has 0 bridgehead atoms. The van der Waals surface area contributed by atoms with Crippen molar-refractivity contribution >= 4 is 39.2 Å². The van der Waals surface area contributed by atoms with Gasteiger partial charge in [0.15, 0.2) is 0 Å². The van der Waals surface area contributed by atoms with Crippen molar-refractivity contribution in [2.24, 2.45) is 0 Å². The average molecular weight is 294 g/mol. The van der Waals surface area contributed by atoms with Gasteiger partial charge in [0.25, 0.3) is 0 Å². The van der Waals surface area contributed by atoms with Gasteiger partial charge in [-0.2, -0.15) is 5.26 Å². The summed E-state index contributed by atoms with van der Waals surface area (Å²) in [5.74, 6) is 0. The van der Waals surface area contributed by atoms with Crippen molar-refractivity contribution < 1.29 is 9.90 Å². The van der Waals surface area contributed by atoms with Crippen molar-refractivity contribution in [3.8, 4) is 6.07 Å². The molecule has 7 heteroatoms. The van der Waals surface area contributed by atoms with Crippen LogP contribution in [0.25, 0.3) is 10.2 Å². The molecule has 1 aliphatic heterocycles. The van der Waals surface area contributed by atoms with Crippen molar-refractivity contribution in [2.75, 3.05) is 6.54 Å². The zero-order valence-corrected chi connectivity index (χ0v) is 11.3. The molecule has 0 saturated carbocycles.